The first-order chi connectivity index (χ1) is 31.4. The number of hydrogen-bond donors (Lipinski definition) is 3. The molecule has 2 fully saturated rings. The molecule has 5 heterocycles. The molecule has 3 N–H and O–H groups in total. The van der Waals surface area contributed by atoms with Crippen LogP contribution < -0.4 is 29.8 Å². The van der Waals surface area contributed by atoms with E-state index in [1.165, 1.54) is 31.6 Å². The van der Waals surface area contributed by atoms with Crippen molar-refractivity contribution in [3.8, 4) is 45.5 Å². The lowest BCUT2D eigenvalue weighted by atomic mass is 9.77. The summed E-state index contributed by atoms with van der Waals surface area (Å²) in [6.07, 6.45) is 4.87. The zero-order chi connectivity index (χ0) is 47.3. The molecule has 354 valence electrons. The van der Waals surface area contributed by atoms with Crippen molar-refractivity contribution in [2.24, 2.45) is 22.2 Å². The SMILES string of the molecule is COCC1(COc2cc3c(cc2OC)-c2cc(=O)c(C(=O)O)cn2[C@H](C(C)(C)COOC2CC(COc4cc5c(cc4OC)-c4cc(=O)c(C(=O)O)cn4[C@H](C(C)(C)CO)C5)C2)C3)COC1. The number of methoxy groups -OCH3 is 3. The fraction of sp³-hybridized carbons (Fsp3) is 0.510. The van der Waals surface area contributed by atoms with Crippen molar-refractivity contribution in [3.63, 3.8) is 0 Å². The van der Waals surface area contributed by atoms with Crippen molar-refractivity contribution in [1.29, 1.82) is 0 Å². The molecule has 0 radical (unpaired) electrons. The van der Waals surface area contributed by atoms with Crippen LogP contribution in [0.5, 0.6) is 23.0 Å². The number of pyridine rings is 2. The Kier molecular flexibility index (Phi) is 12.9. The minimum absolute atomic E-state index is 0.157. The summed E-state index contributed by atoms with van der Waals surface area (Å²) in [4.78, 5) is 62.0. The molecule has 8 rings (SSSR count). The summed E-state index contributed by atoms with van der Waals surface area (Å²) in [6.45, 7) is 10.1. The summed E-state index contributed by atoms with van der Waals surface area (Å²) in [5.74, 6) is -0.464. The van der Waals surface area contributed by atoms with Crippen LogP contribution in [0.4, 0.5) is 0 Å². The average molecular weight is 915 g/mol. The number of aliphatic hydroxyl groups is 1. The standard InChI is InChI=1S/C49H58N2O15/c1-47(2,21-52)43-12-28-10-41(39(60-6)14-31(28)35-16-37(53)33(45(55)56)18-50(35)43)63-20-27-8-30(9-27)66-65-22-48(3,4)44-13-29-11-42(64-26-49(23-59-5)24-62-25-49)40(61-7)15-32(29)36-17-38(54)34(46(57)58)19-51(36)44/h10-11,14-19,27,30,43-44,52H,8-9,12-13,20-26H2,1-7H3,(H,55,56)(H,57,58)/t27?,30?,43-,44-/m0/s1. The van der Waals surface area contributed by atoms with E-state index in [9.17, 15) is 34.5 Å². The minimum atomic E-state index is -1.31. The Bertz CT molecular complexity index is 2640. The maximum atomic E-state index is 13.1. The molecule has 3 aliphatic heterocycles. The molecule has 1 aliphatic carbocycles. The number of ether oxygens (including phenoxy) is 6. The molecule has 1 saturated carbocycles. The summed E-state index contributed by atoms with van der Waals surface area (Å²) in [7, 11) is 4.73. The van der Waals surface area contributed by atoms with Gasteiger partial charge in [-0.1, -0.05) is 27.7 Å². The van der Waals surface area contributed by atoms with Crippen LogP contribution in [0.2, 0.25) is 0 Å². The van der Waals surface area contributed by atoms with E-state index in [2.05, 4.69) is 0 Å². The molecule has 4 aromatic rings. The molecule has 0 bridgehead atoms. The number of carboxylic acid groups (broad SMARTS) is 2. The van der Waals surface area contributed by atoms with Crippen molar-refractivity contribution in [3.05, 3.63) is 91.5 Å². The number of aromatic carboxylic acids is 2. The van der Waals surface area contributed by atoms with Crippen LogP contribution in [0, 0.1) is 22.2 Å². The highest BCUT2D eigenvalue weighted by molar-refractivity contribution is 5.88. The molecule has 17 nitrogen and oxygen atoms in total. The normalized spacial score (nSPS) is 20.4. The third-order valence-electron chi connectivity index (χ3n) is 13.8. The number of carboxylic acids is 2. The Hall–Kier alpha value is -5.72. The first-order valence-electron chi connectivity index (χ1n) is 22.0. The smallest absolute Gasteiger partial charge is 0.341 e. The highest BCUT2D eigenvalue weighted by Gasteiger charge is 2.42. The third kappa shape index (κ3) is 8.82. The number of benzene rings is 2. The van der Waals surface area contributed by atoms with Gasteiger partial charge in [0.25, 0.3) is 0 Å². The summed E-state index contributed by atoms with van der Waals surface area (Å²) >= 11 is 0. The molecule has 2 aromatic heterocycles. The van der Waals surface area contributed by atoms with Crippen LogP contribution in [-0.2, 0) is 32.1 Å². The summed E-state index contributed by atoms with van der Waals surface area (Å²) in [6, 6.07) is 9.46. The van der Waals surface area contributed by atoms with Crippen molar-refractivity contribution >= 4 is 11.9 Å². The number of aliphatic hydroxyl groups excluding tert-OH is 1. The van der Waals surface area contributed by atoms with Gasteiger partial charge in [-0.05, 0) is 67.0 Å². The van der Waals surface area contributed by atoms with Gasteiger partial charge in [-0.15, -0.1) is 0 Å². The predicted molar refractivity (Wildman–Crippen MR) is 239 cm³/mol. The van der Waals surface area contributed by atoms with E-state index in [-0.39, 0.29) is 53.9 Å². The van der Waals surface area contributed by atoms with E-state index in [0.29, 0.717) is 93.1 Å². The highest BCUT2D eigenvalue weighted by atomic mass is 17.2. The zero-order valence-electron chi connectivity index (χ0n) is 38.3. The lowest BCUT2D eigenvalue weighted by molar-refractivity contribution is -0.355. The van der Waals surface area contributed by atoms with Gasteiger partial charge in [0.15, 0.2) is 33.9 Å². The second-order valence-corrected chi connectivity index (χ2v) is 19.5. The van der Waals surface area contributed by atoms with Crippen molar-refractivity contribution < 1.29 is 63.1 Å². The maximum Gasteiger partial charge on any atom is 0.341 e. The van der Waals surface area contributed by atoms with E-state index in [1.54, 1.807) is 24.9 Å². The molecule has 0 amide bonds. The van der Waals surface area contributed by atoms with Gasteiger partial charge >= 0.3 is 11.9 Å². The van der Waals surface area contributed by atoms with Gasteiger partial charge in [-0.25, -0.2) is 19.4 Å². The molecule has 2 aromatic carbocycles. The van der Waals surface area contributed by atoms with Crippen LogP contribution >= 0.6 is 0 Å². The first-order valence-corrected chi connectivity index (χ1v) is 22.0. The Morgan fingerprint density at radius 2 is 1.24 bits per heavy atom. The van der Waals surface area contributed by atoms with E-state index in [1.807, 2.05) is 50.5 Å². The fourth-order valence-electron chi connectivity index (χ4n) is 9.57. The number of hydrogen-bond acceptors (Lipinski definition) is 13. The lowest BCUT2D eigenvalue weighted by Gasteiger charge is -2.42. The van der Waals surface area contributed by atoms with Crippen LogP contribution in [0.3, 0.4) is 0 Å². The summed E-state index contributed by atoms with van der Waals surface area (Å²) in [5.41, 5.74) is 0.899. The molecule has 0 unspecified atom stereocenters. The molecule has 66 heavy (non-hydrogen) atoms. The first kappa shape index (κ1) is 46.8. The van der Waals surface area contributed by atoms with Crippen molar-refractivity contribution in [1.82, 2.24) is 9.13 Å². The Morgan fingerprint density at radius 1 is 0.727 bits per heavy atom. The van der Waals surface area contributed by atoms with Crippen molar-refractivity contribution in [2.75, 3.05) is 67.6 Å². The molecular formula is C49H58N2O15. The van der Waals surface area contributed by atoms with Crippen LogP contribution in [0.15, 0.2) is 58.4 Å². The number of nitrogens with zero attached hydrogens (tertiary/aromatic N) is 2. The molecule has 2 atom stereocenters. The van der Waals surface area contributed by atoms with E-state index < -0.39 is 33.6 Å². The summed E-state index contributed by atoms with van der Waals surface area (Å²) in [5, 5.41) is 30.0. The molecule has 17 heteroatoms. The van der Waals surface area contributed by atoms with Gasteiger partial charge in [0, 0.05) is 65.7 Å². The summed E-state index contributed by atoms with van der Waals surface area (Å²) < 4.78 is 38.7. The van der Waals surface area contributed by atoms with Gasteiger partial charge in [0.05, 0.1) is 76.8 Å². The Labute approximate surface area is 381 Å². The van der Waals surface area contributed by atoms with E-state index in [4.69, 9.17) is 38.2 Å². The average Bonchev–Trinajstić information content (AvgIpc) is 3.25. The molecule has 1 saturated heterocycles. The van der Waals surface area contributed by atoms with Gasteiger partial charge in [-0.3, -0.25) is 9.59 Å². The van der Waals surface area contributed by atoms with Gasteiger partial charge in [0.1, 0.15) is 17.7 Å². The van der Waals surface area contributed by atoms with Crippen LogP contribution in [0.25, 0.3) is 22.5 Å². The quantitative estimate of drug-likeness (QED) is 0.0745. The van der Waals surface area contributed by atoms with E-state index >= 15 is 0 Å². The monoisotopic (exact) mass is 914 g/mol. The zero-order valence-corrected chi connectivity index (χ0v) is 38.3. The Morgan fingerprint density at radius 3 is 1.70 bits per heavy atom. The molecule has 0 spiro atoms. The lowest BCUT2D eigenvalue weighted by Crippen LogP contribution is -2.50. The second kappa shape index (κ2) is 18.2. The number of fused-ring (bicyclic) bond motifs is 6. The van der Waals surface area contributed by atoms with Crippen LogP contribution in [-0.4, -0.2) is 110 Å². The highest BCUT2D eigenvalue weighted by Crippen LogP contribution is 2.48. The molecule has 4 aliphatic rings. The maximum absolute atomic E-state index is 13.1. The number of rotatable bonds is 19. The number of carbonyl (C=O) groups is 2. The van der Waals surface area contributed by atoms with Gasteiger partial charge in [-0.2, -0.15) is 0 Å². The Balaban J connectivity index is 0.931. The number of aromatic nitrogens is 2. The fourth-order valence-corrected chi connectivity index (χ4v) is 9.57. The van der Waals surface area contributed by atoms with Crippen molar-refractivity contribution in [2.45, 2.75) is 71.6 Å². The van der Waals surface area contributed by atoms with Gasteiger partial charge < -0.3 is 52.9 Å². The molecular weight excluding hydrogens is 857 g/mol. The minimum Gasteiger partial charge on any atom is -0.493 e. The topological polar surface area (TPSA) is 213 Å². The predicted octanol–water partition coefficient (Wildman–Crippen LogP) is 5.84. The largest absolute Gasteiger partial charge is 0.493 e. The second-order valence-electron chi connectivity index (χ2n) is 19.5. The van der Waals surface area contributed by atoms with Gasteiger partial charge in [0.2, 0.25) is 0 Å². The van der Waals surface area contributed by atoms with Crippen LogP contribution in [0.1, 0.15) is 84.5 Å². The third-order valence-corrected chi connectivity index (χ3v) is 13.8. The van der Waals surface area contributed by atoms with E-state index in [0.717, 1.165) is 22.3 Å².